The lowest BCUT2D eigenvalue weighted by molar-refractivity contribution is 0.337. The van der Waals surface area contributed by atoms with E-state index in [1.807, 2.05) is 11.8 Å². The van der Waals surface area contributed by atoms with Gasteiger partial charge in [-0.05, 0) is 43.4 Å². The molecule has 1 aromatic rings. The van der Waals surface area contributed by atoms with Crippen LogP contribution in [0.25, 0.3) is 0 Å². The van der Waals surface area contributed by atoms with Crippen molar-refractivity contribution >= 4 is 23.1 Å². The molecule has 80 valence electrons. The van der Waals surface area contributed by atoms with Gasteiger partial charge in [-0.3, -0.25) is 4.79 Å². The van der Waals surface area contributed by atoms with Crippen LogP contribution in [0.1, 0.15) is 24.1 Å². The number of hydrogen-bond acceptors (Lipinski definition) is 3. The van der Waals surface area contributed by atoms with Gasteiger partial charge in [0.05, 0.1) is 5.03 Å². The quantitative estimate of drug-likeness (QED) is 0.754. The lowest BCUT2D eigenvalue weighted by Crippen LogP contribution is -2.29. The van der Waals surface area contributed by atoms with Gasteiger partial charge in [0, 0.05) is 10.1 Å². The number of aromatic amines is 1. The van der Waals surface area contributed by atoms with Crippen LogP contribution in [-0.4, -0.2) is 10.2 Å². The highest BCUT2D eigenvalue weighted by molar-refractivity contribution is 8.00. The summed E-state index contributed by atoms with van der Waals surface area (Å²) < 4.78 is 0. The van der Waals surface area contributed by atoms with Crippen LogP contribution in [-0.2, 0) is 6.42 Å². The van der Waals surface area contributed by atoms with Crippen molar-refractivity contribution in [2.75, 3.05) is 0 Å². The van der Waals surface area contributed by atoms with E-state index < -0.39 is 0 Å². The number of fused-ring (bicyclic) bond motifs is 6. The summed E-state index contributed by atoms with van der Waals surface area (Å²) in [6.07, 6.45) is 5.52. The summed E-state index contributed by atoms with van der Waals surface area (Å²) in [4.78, 5) is 15.8. The third kappa shape index (κ3) is 1.15. The zero-order valence-corrected chi connectivity index (χ0v) is 10.00. The molecule has 4 atom stereocenters. The van der Waals surface area contributed by atoms with Crippen molar-refractivity contribution < 1.29 is 0 Å². The molecular weight excluding hydrogens is 226 g/mol. The smallest absolute Gasteiger partial charge is 0.305 e. The Morgan fingerprint density at radius 1 is 1.27 bits per heavy atom. The van der Waals surface area contributed by atoms with E-state index in [2.05, 4.69) is 4.98 Å². The summed E-state index contributed by atoms with van der Waals surface area (Å²) in [6.45, 7) is 0. The van der Waals surface area contributed by atoms with Gasteiger partial charge in [0.1, 0.15) is 0 Å². The molecule has 2 saturated carbocycles. The Hall–Kier alpha value is -0.220. The molecule has 15 heavy (non-hydrogen) atoms. The second kappa shape index (κ2) is 2.92. The monoisotopic (exact) mass is 239 g/mol. The first kappa shape index (κ1) is 8.88. The zero-order valence-electron chi connectivity index (χ0n) is 8.36. The predicted octanol–water partition coefficient (Wildman–Crippen LogP) is 2.50. The van der Waals surface area contributed by atoms with Crippen molar-refractivity contribution in [2.24, 2.45) is 17.8 Å². The van der Waals surface area contributed by atoms with Gasteiger partial charge in [-0.15, -0.1) is 11.8 Å². The number of thioether (sulfide) groups is 1. The van der Waals surface area contributed by atoms with Gasteiger partial charge in [0.15, 0.2) is 0 Å². The fraction of sp³-hybridized carbons (Fsp3) is 0.727. The molecule has 4 heteroatoms. The minimum Gasteiger partial charge on any atom is -0.307 e. The van der Waals surface area contributed by atoms with Crippen molar-refractivity contribution in [1.82, 2.24) is 4.98 Å². The minimum absolute atomic E-state index is 0.139. The Morgan fingerprint density at radius 3 is 3.07 bits per heavy atom. The highest BCUT2D eigenvalue weighted by Crippen LogP contribution is 2.58. The molecule has 2 nitrogen and oxygen atoms in total. The van der Waals surface area contributed by atoms with Gasteiger partial charge in [-0.1, -0.05) is 11.3 Å². The Morgan fingerprint density at radius 2 is 2.13 bits per heavy atom. The summed E-state index contributed by atoms with van der Waals surface area (Å²) in [5.74, 6) is 2.80. The van der Waals surface area contributed by atoms with Crippen LogP contribution in [0, 0.1) is 17.8 Å². The maximum atomic E-state index is 11.3. The third-order valence-electron chi connectivity index (χ3n) is 4.37. The van der Waals surface area contributed by atoms with E-state index in [0.717, 1.165) is 23.0 Å². The molecule has 2 bridgehead atoms. The van der Waals surface area contributed by atoms with Crippen LogP contribution in [0.2, 0.25) is 0 Å². The molecule has 0 aromatic carbocycles. The fourth-order valence-electron chi connectivity index (χ4n) is 3.75. The van der Waals surface area contributed by atoms with Crippen LogP contribution in [0.5, 0.6) is 0 Å². The van der Waals surface area contributed by atoms with Gasteiger partial charge in [-0.2, -0.15) is 0 Å². The second-order valence-electron chi connectivity index (χ2n) is 5.05. The van der Waals surface area contributed by atoms with E-state index in [1.165, 1.54) is 46.9 Å². The maximum Gasteiger partial charge on any atom is 0.305 e. The minimum atomic E-state index is 0.139. The molecule has 1 N–H and O–H groups in total. The van der Waals surface area contributed by atoms with Gasteiger partial charge in [0.2, 0.25) is 0 Å². The lowest BCUT2D eigenvalue weighted by atomic mass is 9.85. The highest BCUT2D eigenvalue weighted by Gasteiger charge is 2.50. The molecule has 1 aliphatic heterocycles. The highest BCUT2D eigenvalue weighted by atomic mass is 32.2. The Labute approximate surface area is 96.5 Å². The van der Waals surface area contributed by atoms with E-state index >= 15 is 0 Å². The van der Waals surface area contributed by atoms with E-state index in [1.54, 1.807) is 0 Å². The number of aromatic nitrogens is 1. The summed E-state index contributed by atoms with van der Waals surface area (Å²) >= 11 is 3.40. The number of H-pyrrole nitrogens is 1. The molecule has 3 unspecified atom stereocenters. The molecule has 0 spiro atoms. The summed E-state index contributed by atoms with van der Waals surface area (Å²) in [6, 6.07) is 0. The van der Waals surface area contributed by atoms with Gasteiger partial charge in [0.25, 0.3) is 0 Å². The van der Waals surface area contributed by atoms with Crippen molar-refractivity contribution in [3.8, 4) is 0 Å². The SMILES string of the molecule is O=c1[nH]c2c(s1)CC1C(S2)C2CC[C@H]1C2. The topological polar surface area (TPSA) is 32.9 Å². The van der Waals surface area contributed by atoms with Crippen LogP contribution in [0.4, 0.5) is 0 Å². The molecular formula is C11H13NOS2. The van der Waals surface area contributed by atoms with Crippen LogP contribution in [0.3, 0.4) is 0 Å². The molecule has 3 aliphatic rings. The lowest BCUT2D eigenvalue weighted by Gasteiger charge is -2.33. The van der Waals surface area contributed by atoms with Gasteiger partial charge in [-0.25, -0.2) is 0 Å². The molecule has 1 aromatic heterocycles. The molecule has 4 rings (SSSR count). The molecule has 0 amide bonds. The molecule has 0 radical (unpaired) electrons. The second-order valence-corrected chi connectivity index (χ2v) is 7.31. The van der Waals surface area contributed by atoms with Gasteiger partial charge >= 0.3 is 4.87 Å². The molecule has 0 saturated heterocycles. The fourth-order valence-corrected chi connectivity index (χ4v) is 6.45. The predicted molar refractivity (Wildman–Crippen MR) is 62.6 cm³/mol. The van der Waals surface area contributed by atoms with E-state index in [9.17, 15) is 4.79 Å². The summed E-state index contributed by atoms with van der Waals surface area (Å²) in [7, 11) is 0. The summed E-state index contributed by atoms with van der Waals surface area (Å²) in [5, 5.41) is 2.01. The first-order valence-corrected chi connectivity index (χ1v) is 7.39. The van der Waals surface area contributed by atoms with Crippen molar-refractivity contribution in [2.45, 2.75) is 36.0 Å². The first-order chi connectivity index (χ1) is 7.31. The largest absolute Gasteiger partial charge is 0.307 e. The molecule has 2 fully saturated rings. The first-order valence-electron chi connectivity index (χ1n) is 5.70. The zero-order chi connectivity index (χ0) is 9.99. The average molecular weight is 239 g/mol. The van der Waals surface area contributed by atoms with Crippen molar-refractivity contribution in [3.05, 3.63) is 14.5 Å². The molecule has 2 heterocycles. The average Bonchev–Trinajstić information content (AvgIpc) is 2.85. The number of rotatable bonds is 0. The van der Waals surface area contributed by atoms with Crippen LogP contribution >= 0.6 is 23.1 Å². The Balaban J connectivity index is 1.77. The summed E-state index contributed by atoms with van der Waals surface area (Å²) in [5.41, 5.74) is 0. The number of thiazole rings is 1. The maximum absolute atomic E-state index is 11.3. The van der Waals surface area contributed by atoms with Crippen LogP contribution in [0.15, 0.2) is 9.82 Å². The standard InChI is InChI=1S/C11H13NOS2/c13-11-12-10-8(14-11)4-7-5-1-2-6(3-5)9(7)15-10/h5-7,9H,1-4H2,(H,12,13)/t5-,6?,7?,9?/m0/s1. The number of hydrogen-bond donors (Lipinski definition) is 1. The normalized spacial score (nSPS) is 41.6. The van der Waals surface area contributed by atoms with Crippen LogP contribution < -0.4 is 4.87 Å². The van der Waals surface area contributed by atoms with Crippen molar-refractivity contribution in [3.63, 3.8) is 0 Å². The van der Waals surface area contributed by atoms with E-state index in [-0.39, 0.29) is 4.87 Å². The Kier molecular flexibility index (Phi) is 1.73. The number of nitrogens with one attached hydrogen (secondary N) is 1. The molecule has 2 aliphatic carbocycles. The van der Waals surface area contributed by atoms with E-state index in [4.69, 9.17) is 0 Å². The van der Waals surface area contributed by atoms with Gasteiger partial charge < -0.3 is 4.98 Å². The third-order valence-corrected chi connectivity index (χ3v) is 6.99. The van der Waals surface area contributed by atoms with Crippen molar-refractivity contribution in [1.29, 1.82) is 0 Å². The van der Waals surface area contributed by atoms with E-state index in [0.29, 0.717) is 0 Å². The Bertz CT molecular complexity index is 425.